The second-order valence-electron chi connectivity index (χ2n) is 2.96. The molecule has 1 heterocycles. The molecule has 0 aliphatic carbocycles. The molecule has 0 saturated heterocycles. The lowest BCUT2D eigenvalue weighted by molar-refractivity contribution is 0.289. The first-order valence-corrected chi connectivity index (χ1v) is 5.24. The zero-order valence-corrected chi connectivity index (χ0v) is 9.46. The summed E-state index contributed by atoms with van der Waals surface area (Å²) in [5.74, 6) is 2.14. The van der Waals surface area contributed by atoms with E-state index in [9.17, 15) is 0 Å². The van der Waals surface area contributed by atoms with Crippen molar-refractivity contribution >= 4 is 15.9 Å². The van der Waals surface area contributed by atoms with Crippen molar-refractivity contribution in [3.8, 4) is 17.2 Å². The Morgan fingerprint density at radius 1 is 1.21 bits per heavy atom. The molecule has 1 aliphatic rings. The van der Waals surface area contributed by atoms with Crippen molar-refractivity contribution in [2.75, 3.05) is 20.3 Å². The second kappa shape index (κ2) is 4.09. The fourth-order valence-electron chi connectivity index (χ4n) is 1.36. The van der Waals surface area contributed by atoms with Crippen LogP contribution in [-0.4, -0.2) is 20.3 Å². The van der Waals surface area contributed by atoms with Gasteiger partial charge in [0, 0.05) is 6.42 Å². The Bertz CT molecular complexity index is 338. The van der Waals surface area contributed by atoms with E-state index in [4.69, 9.17) is 14.2 Å². The van der Waals surface area contributed by atoms with Crippen LogP contribution >= 0.6 is 15.9 Å². The van der Waals surface area contributed by atoms with Crippen molar-refractivity contribution in [3.05, 3.63) is 16.6 Å². The van der Waals surface area contributed by atoms with Crippen molar-refractivity contribution in [1.29, 1.82) is 0 Å². The number of hydrogen-bond donors (Lipinski definition) is 0. The van der Waals surface area contributed by atoms with Crippen LogP contribution in [0.15, 0.2) is 16.6 Å². The van der Waals surface area contributed by atoms with E-state index in [0.29, 0.717) is 24.7 Å². The summed E-state index contributed by atoms with van der Waals surface area (Å²) in [5.41, 5.74) is 0. The largest absolute Gasteiger partial charge is 0.493 e. The van der Waals surface area contributed by atoms with Crippen LogP contribution in [0.2, 0.25) is 0 Å². The molecule has 1 aliphatic heterocycles. The van der Waals surface area contributed by atoms with Crippen LogP contribution in [-0.2, 0) is 0 Å². The molecule has 0 amide bonds. The molecule has 0 N–H and O–H groups in total. The summed E-state index contributed by atoms with van der Waals surface area (Å²) in [7, 11) is 1.62. The monoisotopic (exact) mass is 258 g/mol. The normalized spacial score (nSPS) is 14.7. The van der Waals surface area contributed by atoms with Gasteiger partial charge in [-0.2, -0.15) is 0 Å². The van der Waals surface area contributed by atoms with Gasteiger partial charge in [-0.05, 0) is 28.1 Å². The molecule has 0 unspecified atom stereocenters. The van der Waals surface area contributed by atoms with Gasteiger partial charge >= 0.3 is 0 Å². The van der Waals surface area contributed by atoms with E-state index in [2.05, 4.69) is 15.9 Å². The summed E-state index contributed by atoms with van der Waals surface area (Å²) in [6.45, 7) is 1.35. The number of methoxy groups -OCH3 is 1. The van der Waals surface area contributed by atoms with Crippen LogP contribution in [0.1, 0.15) is 6.42 Å². The lowest BCUT2D eigenvalue weighted by Crippen LogP contribution is -1.98. The molecule has 0 radical (unpaired) electrons. The van der Waals surface area contributed by atoms with Gasteiger partial charge in [-0.15, -0.1) is 0 Å². The smallest absolute Gasteiger partial charge is 0.204 e. The highest BCUT2D eigenvalue weighted by molar-refractivity contribution is 9.10. The lowest BCUT2D eigenvalue weighted by Gasteiger charge is -2.12. The zero-order chi connectivity index (χ0) is 9.97. The minimum Gasteiger partial charge on any atom is -0.493 e. The topological polar surface area (TPSA) is 27.7 Å². The summed E-state index contributed by atoms with van der Waals surface area (Å²) in [6.07, 6.45) is 0.893. The fourth-order valence-corrected chi connectivity index (χ4v) is 1.79. The van der Waals surface area contributed by atoms with Gasteiger partial charge in [0.05, 0.1) is 24.8 Å². The molecule has 0 saturated carbocycles. The van der Waals surface area contributed by atoms with Gasteiger partial charge in [0.2, 0.25) is 5.75 Å². The van der Waals surface area contributed by atoms with Crippen molar-refractivity contribution in [3.63, 3.8) is 0 Å². The third kappa shape index (κ3) is 1.66. The molecule has 0 spiro atoms. The molecule has 1 aromatic rings. The average Bonchev–Trinajstić information content (AvgIpc) is 2.44. The Morgan fingerprint density at radius 3 is 2.64 bits per heavy atom. The van der Waals surface area contributed by atoms with Gasteiger partial charge in [-0.25, -0.2) is 0 Å². The third-order valence-electron chi connectivity index (χ3n) is 2.03. The van der Waals surface area contributed by atoms with Crippen molar-refractivity contribution in [1.82, 2.24) is 0 Å². The number of rotatable bonds is 1. The molecular weight excluding hydrogens is 248 g/mol. The maximum atomic E-state index is 5.57. The van der Waals surface area contributed by atoms with Gasteiger partial charge in [0.25, 0.3) is 0 Å². The van der Waals surface area contributed by atoms with E-state index in [1.54, 1.807) is 7.11 Å². The van der Waals surface area contributed by atoms with Gasteiger partial charge in [-0.3, -0.25) is 0 Å². The summed E-state index contributed by atoms with van der Waals surface area (Å²) >= 11 is 3.42. The van der Waals surface area contributed by atoms with Crippen LogP contribution < -0.4 is 14.2 Å². The minimum absolute atomic E-state index is 0.666. The molecule has 0 atom stereocenters. The van der Waals surface area contributed by atoms with Crippen LogP contribution in [0.5, 0.6) is 17.2 Å². The fraction of sp³-hybridized carbons (Fsp3) is 0.400. The highest BCUT2D eigenvalue weighted by Crippen LogP contribution is 2.43. The maximum Gasteiger partial charge on any atom is 0.204 e. The van der Waals surface area contributed by atoms with Gasteiger partial charge in [-0.1, -0.05) is 0 Å². The summed E-state index contributed by atoms with van der Waals surface area (Å²) in [6, 6.07) is 3.75. The third-order valence-corrected chi connectivity index (χ3v) is 2.65. The average molecular weight is 259 g/mol. The molecule has 2 rings (SSSR count). The van der Waals surface area contributed by atoms with Crippen LogP contribution in [0.25, 0.3) is 0 Å². The molecular formula is C10H11BrO3. The lowest BCUT2D eigenvalue weighted by atomic mass is 10.3. The minimum atomic E-state index is 0.666. The van der Waals surface area contributed by atoms with E-state index in [1.807, 2.05) is 12.1 Å². The molecule has 0 aromatic heterocycles. The molecule has 14 heavy (non-hydrogen) atoms. The summed E-state index contributed by atoms with van der Waals surface area (Å²) in [4.78, 5) is 0. The number of fused-ring (bicyclic) bond motifs is 1. The number of halogens is 1. The van der Waals surface area contributed by atoms with Crippen molar-refractivity contribution in [2.24, 2.45) is 0 Å². The maximum absolute atomic E-state index is 5.57. The van der Waals surface area contributed by atoms with Crippen LogP contribution in [0, 0.1) is 0 Å². The predicted octanol–water partition coefficient (Wildman–Crippen LogP) is 2.62. The summed E-state index contributed by atoms with van der Waals surface area (Å²) in [5, 5.41) is 0. The number of benzene rings is 1. The van der Waals surface area contributed by atoms with Crippen LogP contribution in [0.3, 0.4) is 0 Å². The van der Waals surface area contributed by atoms with E-state index >= 15 is 0 Å². The molecule has 3 nitrogen and oxygen atoms in total. The number of ether oxygens (including phenoxy) is 3. The number of hydrogen-bond acceptors (Lipinski definition) is 3. The first-order chi connectivity index (χ1) is 6.83. The van der Waals surface area contributed by atoms with Crippen LogP contribution in [0.4, 0.5) is 0 Å². The SMILES string of the molecule is COc1ccc(Br)c2c1OCCCO2. The molecule has 0 bridgehead atoms. The van der Waals surface area contributed by atoms with E-state index in [-0.39, 0.29) is 0 Å². The first-order valence-electron chi connectivity index (χ1n) is 4.45. The van der Waals surface area contributed by atoms with Gasteiger partial charge < -0.3 is 14.2 Å². The molecule has 76 valence electrons. The Morgan fingerprint density at radius 2 is 1.93 bits per heavy atom. The first kappa shape index (κ1) is 9.65. The second-order valence-corrected chi connectivity index (χ2v) is 3.81. The van der Waals surface area contributed by atoms with Crippen molar-refractivity contribution < 1.29 is 14.2 Å². The highest BCUT2D eigenvalue weighted by atomic mass is 79.9. The Balaban J connectivity index is 2.49. The van der Waals surface area contributed by atoms with Crippen molar-refractivity contribution in [2.45, 2.75) is 6.42 Å². The zero-order valence-electron chi connectivity index (χ0n) is 7.88. The van der Waals surface area contributed by atoms with E-state index in [1.165, 1.54) is 0 Å². The Kier molecular flexibility index (Phi) is 2.82. The Labute approximate surface area is 91.1 Å². The standard InChI is InChI=1S/C10H11BrO3/c1-12-8-4-3-7(11)9-10(8)14-6-2-5-13-9/h3-4H,2,5-6H2,1H3. The van der Waals surface area contributed by atoms with E-state index in [0.717, 1.165) is 16.6 Å². The highest BCUT2D eigenvalue weighted by Gasteiger charge is 2.18. The van der Waals surface area contributed by atoms with Gasteiger partial charge in [0.1, 0.15) is 0 Å². The molecule has 0 fully saturated rings. The summed E-state index contributed by atoms with van der Waals surface area (Å²) < 4.78 is 17.2. The molecule has 1 aromatic carbocycles. The van der Waals surface area contributed by atoms with E-state index < -0.39 is 0 Å². The molecule has 4 heteroatoms. The van der Waals surface area contributed by atoms with Gasteiger partial charge in [0.15, 0.2) is 11.5 Å². The predicted molar refractivity (Wildman–Crippen MR) is 56.3 cm³/mol. The quantitative estimate of drug-likeness (QED) is 0.775. The Hall–Kier alpha value is -0.900.